The Morgan fingerprint density at radius 1 is 1.21 bits per heavy atom. The minimum atomic E-state index is -0.236. The first-order valence-corrected chi connectivity index (χ1v) is 8.99. The van der Waals surface area contributed by atoms with Crippen LogP contribution in [-0.4, -0.2) is 17.1 Å². The summed E-state index contributed by atoms with van der Waals surface area (Å²) in [4.78, 5) is 12.3. The van der Waals surface area contributed by atoms with Gasteiger partial charge < -0.3 is 10.1 Å². The van der Waals surface area contributed by atoms with Crippen molar-refractivity contribution in [1.29, 1.82) is 0 Å². The number of amides is 1. The summed E-state index contributed by atoms with van der Waals surface area (Å²) >= 11 is 7.42. The van der Waals surface area contributed by atoms with Crippen molar-refractivity contribution in [3.8, 4) is 5.75 Å². The molecule has 0 bridgehead atoms. The second-order valence-corrected chi connectivity index (χ2v) is 7.14. The van der Waals surface area contributed by atoms with Crippen molar-refractivity contribution >= 4 is 51.5 Å². The molecular weight excluding hydrogens is 435 g/mol. The molecule has 2 N–H and O–H groups in total. The molecule has 0 aromatic heterocycles. The van der Waals surface area contributed by atoms with Gasteiger partial charge in [-0.2, -0.15) is 0 Å². The normalized spacial score (nSPS) is 10.4. The van der Waals surface area contributed by atoms with E-state index in [0.717, 1.165) is 20.6 Å². The number of benzene rings is 2. The number of hydrogen-bond acceptors (Lipinski definition) is 3. The number of rotatable bonds is 4. The third-order valence-corrected chi connectivity index (χ3v) is 4.49. The predicted molar refractivity (Wildman–Crippen MR) is 110 cm³/mol. The number of nitrogens with one attached hydrogen (secondary N) is 2. The van der Waals surface area contributed by atoms with Gasteiger partial charge >= 0.3 is 0 Å². The largest absolute Gasteiger partial charge is 0.491 e. The molecule has 1 amide bonds. The Kier molecular flexibility index (Phi) is 6.56. The minimum absolute atomic E-state index is 0.0934. The molecule has 0 radical (unpaired) electrons. The lowest BCUT2D eigenvalue weighted by Crippen LogP contribution is -2.34. The molecule has 0 aliphatic carbocycles. The van der Waals surface area contributed by atoms with Crippen molar-refractivity contribution in [2.24, 2.45) is 0 Å². The molecule has 0 unspecified atom stereocenters. The third-order valence-electron chi connectivity index (χ3n) is 3.12. The van der Waals surface area contributed by atoms with Crippen LogP contribution >= 0.6 is 34.8 Å². The quantitative estimate of drug-likeness (QED) is 0.527. The molecule has 0 heterocycles. The highest BCUT2D eigenvalue weighted by Crippen LogP contribution is 2.18. The van der Waals surface area contributed by atoms with Crippen LogP contribution in [0.15, 0.2) is 42.5 Å². The fourth-order valence-electron chi connectivity index (χ4n) is 1.99. The average molecular weight is 454 g/mol. The highest BCUT2D eigenvalue weighted by atomic mass is 127. The van der Waals surface area contributed by atoms with Crippen molar-refractivity contribution in [2.45, 2.75) is 26.9 Å². The summed E-state index contributed by atoms with van der Waals surface area (Å²) in [5.74, 6) is 0.511. The fourth-order valence-corrected chi connectivity index (χ4v) is 2.72. The molecule has 0 atom stereocenters. The Morgan fingerprint density at radius 3 is 2.62 bits per heavy atom. The van der Waals surface area contributed by atoms with Gasteiger partial charge in [0.1, 0.15) is 5.75 Å². The van der Waals surface area contributed by atoms with Gasteiger partial charge in [0.05, 0.1) is 6.10 Å². The van der Waals surface area contributed by atoms with Crippen LogP contribution in [0.3, 0.4) is 0 Å². The van der Waals surface area contributed by atoms with Crippen molar-refractivity contribution in [3.05, 3.63) is 57.2 Å². The Labute approximate surface area is 161 Å². The lowest BCUT2D eigenvalue weighted by molar-refractivity contribution is 0.0977. The summed E-state index contributed by atoms with van der Waals surface area (Å²) in [6.45, 7) is 5.93. The van der Waals surface area contributed by atoms with Crippen molar-refractivity contribution in [2.75, 3.05) is 5.32 Å². The number of carbonyl (C=O) groups is 1. The van der Waals surface area contributed by atoms with Crippen molar-refractivity contribution in [3.63, 3.8) is 0 Å². The molecule has 24 heavy (non-hydrogen) atoms. The van der Waals surface area contributed by atoms with Crippen LogP contribution in [0.1, 0.15) is 29.8 Å². The van der Waals surface area contributed by atoms with Crippen LogP contribution in [0.4, 0.5) is 5.69 Å². The molecule has 0 saturated carbocycles. The van der Waals surface area contributed by atoms with Crippen LogP contribution < -0.4 is 15.4 Å². The molecule has 0 saturated heterocycles. The predicted octanol–water partition coefficient (Wildman–Crippen LogP) is 4.51. The zero-order valence-corrected chi connectivity index (χ0v) is 16.7. The maximum Gasteiger partial charge on any atom is 0.257 e. The Morgan fingerprint density at radius 2 is 1.96 bits per heavy atom. The lowest BCUT2D eigenvalue weighted by atomic mass is 10.1. The van der Waals surface area contributed by atoms with E-state index < -0.39 is 0 Å². The van der Waals surface area contributed by atoms with Crippen molar-refractivity contribution < 1.29 is 9.53 Å². The van der Waals surface area contributed by atoms with Gasteiger partial charge in [-0.25, -0.2) is 0 Å². The van der Waals surface area contributed by atoms with Gasteiger partial charge in [-0.15, -0.1) is 0 Å². The molecule has 0 fully saturated rings. The van der Waals surface area contributed by atoms with Crippen LogP contribution in [0.5, 0.6) is 5.75 Å². The smallest absolute Gasteiger partial charge is 0.257 e. The highest BCUT2D eigenvalue weighted by Gasteiger charge is 2.09. The number of carbonyl (C=O) groups excluding carboxylic acids is 1. The number of halogens is 1. The van der Waals surface area contributed by atoms with E-state index in [1.54, 1.807) is 6.07 Å². The van der Waals surface area contributed by atoms with E-state index in [4.69, 9.17) is 17.0 Å². The molecule has 2 aromatic carbocycles. The molecule has 0 aliphatic rings. The SMILES string of the molecule is Cc1ccc(C(=O)NC(=S)Nc2cccc(OC(C)C)c2)cc1I. The van der Waals surface area contributed by atoms with Crippen LogP contribution in [0.25, 0.3) is 0 Å². The minimum Gasteiger partial charge on any atom is -0.491 e. The fraction of sp³-hybridized carbons (Fsp3) is 0.222. The van der Waals surface area contributed by atoms with E-state index in [9.17, 15) is 4.79 Å². The molecule has 4 nitrogen and oxygen atoms in total. The molecule has 6 heteroatoms. The average Bonchev–Trinajstić information content (AvgIpc) is 2.49. The molecular formula is C18H19IN2O2S. The molecule has 2 rings (SSSR count). The van der Waals surface area contributed by atoms with Gasteiger partial charge in [-0.3, -0.25) is 10.1 Å². The number of anilines is 1. The van der Waals surface area contributed by atoms with Gasteiger partial charge in [0.2, 0.25) is 0 Å². The maximum atomic E-state index is 12.3. The summed E-state index contributed by atoms with van der Waals surface area (Å²) in [5, 5.41) is 5.94. The standard InChI is InChI=1S/C18H19IN2O2S/c1-11(2)23-15-6-4-5-14(10-15)20-18(24)21-17(22)13-8-7-12(3)16(19)9-13/h4-11H,1-3H3,(H2,20,21,22,24). The number of thiocarbonyl (C=S) groups is 1. The number of ether oxygens (including phenoxy) is 1. The zero-order valence-electron chi connectivity index (χ0n) is 13.7. The molecule has 2 aromatic rings. The Hall–Kier alpha value is -1.67. The van der Waals surface area contributed by atoms with E-state index in [1.165, 1.54) is 0 Å². The number of aryl methyl sites for hydroxylation is 1. The molecule has 126 valence electrons. The third kappa shape index (κ3) is 5.45. The monoisotopic (exact) mass is 454 g/mol. The molecule has 0 spiro atoms. The first-order chi connectivity index (χ1) is 11.3. The number of hydrogen-bond donors (Lipinski definition) is 2. The van der Waals surface area contributed by atoms with Gasteiger partial charge in [-0.1, -0.05) is 12.1 Å². The second-order valence-electron chi connectivity index (χ2n) is 5.57. The van der Waals surface area contributed by atoms with Gasteiger partial charge in [0.15, 0.2) is 5.11 Å². The highest BCUT2D eigenvalue weighted by molar-refractivity contribution is 14.1. The first-order valence-electron chi connectivity index (χ1n) is 7.50. The van der Waals surface area contributed by atoms with Gasteiger partial charge in [-0.05, 0) is 85.4 Å². The zero-order chi connectivity index (χ0) is 17.7. The van der Waals surface area contributed by atoms with Crippen molar-refractivity contribution in [1.82, 2.24) is 5.32 Å². The Balaban J connectivity index is 2.00. The summed E-state index contributed by atoms with van der Waals surface area (Å²) < 4.78 is 6.68. The lowest BCUT2D eigenvalue weighted by Gasteiger charge is -2.13. The maximum absolute atomic E-state index is 12.3. The summed E-state index contributed by atoms with van der Waals surface area (Å²) in [6.07, 6.45) is 0.0934. The van der Waals surface area contributed by atoms with Gasteiger partial charge in [0.25, 0.3) is 5.91 Å². The van der Waals surface area contributed by atoms with Crippen LogP contribution in [-0.2, 0) is 0 Å². The summed E-state index contributed by atoms with van der Waals surface area (Å²) in [5.41, 5.74) is 2.47. The van der Waals surface area contributed by atoms with E-state index in [0.29, 0.717) is 5.56 Å². The second kappa shape index (κ2) is 8.43. The molecule has 0 aliphatic heterocycles. The topological polar surface area (TPSA) is 50.4 Å². The first kappa shape index (κ1) is 18.7. The summed E-state index contributed by atoms with van der Waals surface area (Å²) in [7, 11) is 0. The van der Waals surface area contributed by atoms with E-state index >= 15 is 0 Å². The van der Waals surface area contributed by atoms with E-state index in [-0.39, 0.29) is 17.1 Å². The Bertz CT molecular complexity index is 762. The van der Waals surface area contributed by atoms with Gasteiger partial charge in [0, 0.05) is 20.9 Å². The van der Waals surface area contributed by atoms with E-state index in [2.05, 4.69) is 33.2 Å². The van der Waals surface area contributed by atoms with E-state index in [1.807, 2.05) is 57.2 Å². The van der Waals surface area contributed by atoms with Crippen LogP contribution in [0.2, 0.25) is 0 Å². The summed E-state index contributed by atoms with van der Waals surface area (Å²) in [6, 6.07) is 13.0. The van der Waals surface area contributed by atoms with Crippen LogP contribution in [0, 0.1) is 10.5 Å².